The zero-order valence-corrected chi connectivity index (χ0v) is 20.0. The minimum Gasteiger partial charge on any atom is -0.355 e. The van der Waals surface area contributed by atoms with Crippen LogP contribution in [-0.2, 0) is 0 Å². The van der Waals surface area contributed by atoms with Crippen LogP contribution in [-0.4, -0.2) is 19.9 Å². The van der Waals surface area contributed by atoms with Crippen molar-refractivity contribution in [1.29, 1.82) is 0 Å². The molecule has 5 heterocycles. The highest BCUT2D eigenvalue weighted by Gasteiger charge is 2.15. The summed E-state index contributed by atoms with van der Waals surface area (Å²) >= 11 is 0. The molecule has 6 heteroatoms. The molecule has 0 fully saturated rings. The molecule has 0 amide bonds. The maximum Gasteiger partial charge on any atom is 0.123 e. The van der Waals surface area contributed by atoms with Crippen LogP contribution in [0.1, 0.15) is 22.8 Å². The van der Waals surface area contributed by atoms with Gasteiger partial charge in [0, 0.05) is 33.2 Å². The molecule has 0 aliphatic carbocycles. The van der Waals surface area contributed by atoms with E-state index in [2.05, 4.69) is 9.97 Å². The molecule has 2 aliphatic heterocycles. The van der Waals surface area contributed by atoms with E-state index in [4.69, 9.17) is 9.97 Å². The number of benzene rings is 2. The van der Waals surface area contributed by atoms with Crippen molar-refractivity contribution in [3.8, 4) is 22.3 Å². The first-order chi connectivity index (χ1) is 18.6. The van der Waals surface area contributed by atoms with Crippen LogP contribution < -0.4 is 0 Å². The average molecular weight is 499 g/mol. The van der Waals surface area contributed by atoms with E-state index in [-0.39, 0.29) is 11.6 Å². The topological polar surface area (TPSA) is 57.4 Å². The molecule has 0 unspecified atom stereocenters. The van der Waals surface area contributed by atoms with E-state index in [9.17, 15) is 8.78 Å². The van der Waals surface area contributed by atoms with Gasteiger partial charge >= 0.3 is 0 Å². The average Bonchev–Trinajstić information content (AvgIpc) is 3.70. The monoisotopic (exact) mass is 498 g/mol. The highest BCUT2D eigenvalue weighted by Crippen LogP contribution is 2.32. The SMILES string of the molecule is Fc1cccc(-c2c3nc(cc4ccc([nH]4)c(-c4cccc(F)c4)c4ccc(cc5nc2C=C5)[nH]4)C=C3)c1. The molecule has 182 valence electrons. The van der Waals surface area contributed by atoms with Crippen molar-refractivity contribution in [1.82, 2.24) is 19.9 Å². The number of hydrogen-bond acceptors (Lipinski definition) is 2. The minimum absolute atomic E-state index is 0.300. The van der Waals surface area contributed by atoms with Gasteiger partial charge in [-0.25, -0.2) is 18.7 Å². The molecule has 8 bridgehead atoms. The third-order valence-electron chi connectivity index (χ3n) is 6.62. The lowest BCUT2D eigenvalue weighted by Crippen LogP contribution is -1.89. The Hall–Kier alpha value is -5.10. The number of aromatic amines is 2. The van der Waals surface area contributed by atoms with E-state index in [0.29, 0.717) is 17.0 Å². The number of H-pyrrole nitrogens is 2. The van der Waals surface area contributed by atoms with Crippen LogP contribution in [0.3, 0.4) is 0 Å². The molecular formula is C32H20F2N4. The highest BCUT2D eigenvalue weighted by molar-refractivity contribution is 5.94. The van der Waals surface area contributed by atoms with Crippen molar-refractivity contribution in [2.45, 2.75) is 0 Å². The molecule has 7 rings (SSSR count). The molecule has 0 saturated carbocycles. The summed E-state index contributed by atoms with van der Waals surface area (Å²) < 4.78 is 28.4. The Bertz CT molecular complexity index is 1870. The predicted molar refractivity (Wildman–Crippen MR) is 150 cm³/mol. The first-order valence-corrected chi connectivity index (χ1v) is 12.2. The fourth-order valence-corrected chi connectivity index (χ4v) is 4.97. The Morgan fingerprint density at radius 1 is 0.500 bits per heavy atom. The summed E-state index contributed by atoms with van der Waals surface area (Å²) in [5.74, 6) is -0.617. The van der Waals surface area contributed by atoms with Crippen molar-refractivity contribution in [3.63, 3.8) is 0 Å². The van der Waals surface area contributed by atoms with Crippen LogP contribution in [0.2, 0.25) is 0 Å². The molecule has 0 spiro atoms. The van der Waals surface area contributed by atoms with Gasteiger partial charge < -0.3 is 9.97 Å². The largest absolute Gasteiger partial charge is 0.355 e. The first-order valence-electron chi connectivity index (χ1n) is 12.2. The molecule has 0 saturated heterocycles. The van der Waals surface area contributed by atoms with Gasteiger partial charge in [-0.3, -0.25) is 0 Å². The summed E-state index contributed by atoms with van der Waals surface area (Å²) in [4.78, 5) is 16.6. The van der Waals surface area contributed by atoms with E-state index in [1.54, 1.807) is 12.1 Å². The van der Waals surface area contributed by atoms with E-state index in [1.165, 1.54) is 24.3 Å². The number of nitrogens with zero attached hydrogens (tertiary/aromatic N) is 2. The van der Waals surface area contributed by atoms with Crippen LogP contribution in [0.15, 0.2) is 84.9 Å². The van der Waals surface area contributed by atoms with Crippen molar-refractivity contribution in [2.24, 2.45) is 0 Å². The number of halogens is 2. The Labute approximate surface area is 216 Å². The first kappa shape index (κ1) is 22.1. The van der Waals surface area contributed by atoms with Crippen LogP contribution in [0.4, 0.5) is 8.78 Å². The maximum absolute atomic E-state index is 14.2. The van der Waals surface area contributed by atoms with E-state index in [1.807, 2.05) is 72.8 Å². The number of rotatable bonds is 2. The number of aromatic nitrogens is 4. The van der Waals surface area contributed by atoms with Gasteiger partial charge in [0.15, 0.2) is 0 Å². The lowest BCUT2D eigenvalue weighted by atomic mass is 10.0. The van der Waals surface area contributed by atoms with Gasteiger partial charge in [-0.15, -0.1) is 0 Å². The maximum atomic E-state index is 14.2. The molecule has 4 nitrogen and oxygen atoms in total. The van der Waals surface area contributed by atoms with E-state index < -0.39 is 0 Å². The van der Waals surface area contributed by atoms with Gasteiger partial charge in [-0.1, -0.05) is 24.3 Å². The zero-order valence-electron chi connectivity index (χ0n) is 20.0. The summed E-state index contributed by atoms with van der Waals surface area (Å²) in [6, 6.07) is 24.9. The molecule has 2 N–H and O–H groups in total. The molecule has 0 radical (unpaired) electrons. The summed E-state index contributed by atoms with van der Waals surface area (Å²) in [6.45, 7) is 0. The number of hydrogen-bond donors (Lipinski definition) is 2. The second kappa shape index (κ2) is 8.78. The smallest absolute Gasteiger partial charge is 0.123 e. The van der Waals surface area contributed by atoms with Crippen molar-refractivity contribution in [2.75, 3.05) is 0 Å². The van der Waals surface area contributed by atoms with Crippen LogP contribution >= 0.6 is 0 Å². The van der Waals surface area contributed by atoms with Gasteiger partial charge in [0.25, 0.3) is 0 Å². The molecule has 2 aliphatic rings. The zero-order chi connectivity index (χ0) is 25.6. The fraction of sp³-hybridized carbons (Fsp3) is 0. The lowest BCUT2D eigenvalue weighted by molar-refractivity contribution is 0.628. The normalized spacial score (nSPS) is 12.3. The molecule has 3 aromatic heterocycles. The molecule has 0 atom stereocenters. The van der Waals surface area contributed by atoms with Gasteiger partial charge in [0.1, 0.15) is 11.6 Å². The summed E-state index contributed by atoms with van der Waals surface area (Å²) in [5.41, 5.74) is 9.38. The quantitative estimate of drug-likeness (QED) is 0.252. The predicted octanol–water partition coefficient (Wildman–Crippen LogP) is 8.27. The number of nitrogens with one attached hydrogen (secondary N) is 2. The molecule has 5 aromatic rings. The highest BCUT2D eigenvalue weighted by atomic mass is 19.1. The lowest BCUT2D eigenvalue weighted by Gasteiger charge is -2.05. The Kier molecular flexibility index (Phi) is 5.11. The summed E-state index contributed by atoms with van der Waals surface area (Å²) in [7, 11) is 0. The standard InChI is InChI=1S/C32H20F2N4/c33-21-5-1-3-19(15-21)31-27-11-7-23(35-27)17-25-9-13-29(37-25)32(20-4-2-6-22(34)16-20)30-14-10-26(38-30)18-24-8-12-28(31)36-24/h1-18,35-36H. The fourth-order valence-electron chi connectivity index (χ4n) is 4.97. The van der Waals surface area contributed by atoms with Crippen molar-refractivity contribution < 1.29 is 8.78 Å². The van der Waals surface area contributed by atoms with Crippen LogP contribution in [0.5, 0.6) is 0 Å². The van der Waals surface area contributed by atoms with E-state index >= 15 is 0 Å². The van der Waals surface area contributed by atoms with Crippen molar-refractivity contribution in [3.05, 3.63) is 119 Å². The van der Waals surface area contributed by atoms with Crippen LogP contribution in [0, 0.1) is 11.6 Å². The van der Waals surface area contributed by atoms with E-state index in [0.717, 1.165) is 50.1 Å². The Balaban J connectivity index is 1.57. The van der Waals surface area contributed by atoms with Gasteiger partial charge in [0.05, 0.1) is 22.8 Å². The van der Waals surface area contributed by atoms with Gasteiger partial charge in [-0.05, 0) is 96.1 Å². The number of fused-ring (bicyclic) bond motifs is 8. The molecule has 2 aromatic carbocycles. The summed E-state index contributed by atoms with van der Waals surface area (Å²) in [5, 5.41) is 0. The van der Waals surface area contributed by atoms with Crippen molar-refractivity contribution >= 4 is 46.4 Å². The van der Waals surface area contributed by atoms with Gasteiger partial charge in [0.2, 0.25) is 0 Å². The summed E-state index contributed by atoms with van der Waals surface area (Å²) in [6.07, 6.45) is 7.70. The van der Waals surface area contributed by atoms with Gasteiger partial charge in [-0.2, -0.15) is 0 Å². The molecule has 38 heavy (non-hydrogen) atoms. The second-order valence-corrected chi connectivity index (χ2v) is 9.22. The molecular weight excluding hydrogens is 478 g/mol. The third-order valence-corrected chi connectivity index (χ3v) is 6.62. The second-order valence-electron chi connectivity index (χ2n) is 9.22. The Morgan fingerprint density at radius 3 is 1.50 bits per heavy atom. The minimum atomic E-state index is -0.318. The third kappa shape index (κ3) is 4.02. The van der Waals surface area contributed by atoms with Crippen LogP contribution in [0.25, 0.3) is 68.6 Å². The Morgan fingerprint density at radius 2 is 1.00 bits per heavy atom.